The summed E-state index contributed by atoms with van der Waals surface area (Å²) in [5.41, 5.74) is 3.46. The van der Waals surface area contributed by atoms with Crippen LogP contribution in [-0.4, -0.2) is 12.6 Å². The highest BCUT2D eigenvalue weighted by Crippen LogP contribution is 2.37. The third-order valence-electron chi connectivity index (χ3n) is 3.65. The molecule has 0 spiro atoms. The molecule has 0 radical (unpaired) electrons. The van der Waals surface area contributed by atoms with E-state index in [4.69, 9.17) is 9.47 Å². The summed E-state index contributed by atoms with van der Waals surface area (Å²) in [6.45, 7) is 9.74. The van der Waals surface area contributed by atoms with Crippen LogP contribution in [0.1, 0.15) is 37.5 Å². The predicted molar refractivity (Wildman–Crippen MR) is 103 cm³/mol. The Labute approximate surface area is 153 Å². The number of aryl methyl sites for hydroxylation is 1. The van der Waals surface area contributed by atoms with Crippen LogP contribution in [-0.2, 0) is 13.2 Å². The molecular weight excluding hydrogens is 366 g/mol. The zero-order chi connectivity index (χ0) is 17.7. The van der Waals surface area contributed by atoms with Crippen LogP contribution < -0.4 is 14.8 Å². The predicted octanol–water partition coefficient (Wildman–Crippen LogP) is 5.23. The maximum absolute atomic E-state index is 6.15. The molecule has 2 aromatic rings. The number of benzene rings is 2. The van der Waals surface area contributed by atoms with E-state index in [1.54, 1.807) is 7.11 Å². The van der Waals surface area contributed by atoms with Crippen molar-refractivity contribution in [2.75, 3.05) is 7.11 Å². The van der Waals surface area contributed by atoms with Crippen molar-refractivity contribution < 1.29 is 9.47 Å². The molecule has 0 aliphatic carbocycles. The molecule has 0 aliphatic heterocycles. The third kappa shape index (κ3) is 5.25. The van der Waals surface area contributed by atoms with Crippen LogP contribution in [0.25, 0.3) is 0 Å². The van der Waals surface area contributed by atoms with E-state index in [0.29, 0.717) is 13.2 Å². The van der Waals surface area contributed by atoms with Crippen LogP contribution in [0.15, 0.2) is 40.9 Å². The van der Waals surface area contributed by atoms with Crippen LogP contribution in [0.3, 0.4) is 0 Å². The molecule has 0 amide bonds. The summed E-state index contributed by atoms with van der Waals surface area (Å²) in [5, 5.41) is 3.51. The lowest BCUT2D eigenvalue weighted by molar-refractivity contribution is 0.278. The van der Waals surface area contributed by atoms with E-state index in [0.717, 1.165) is 27.1 Å². The first kappa shape index (κ1) is 18.8. The summed E-state index contributed by atoms with van der Waals surface area (Å²) in [7, 11) is 1.67. The standard InChI is InChI=1S/C20H26BrNO2/c1-14-7-6-8-15(11-14)13-24-19-16(12-22-20(2,3)4)17(21)9-10-18(19)23-5/h6-11,22H,12-13H2,1-5H3. The minimum atomic E-state index is 0.0241. The number of hydrogen-bond donors (Lipinski definition) is 1. The van der Waals surface area contributed by atoms with Crippen molar-refractivity contribution in [3.05, 3.63) is 57.6 Å². The van der Waals surface area contributed by atoms with Crippen molar-refractivity contribution in [3.63, 3.8) is 0 Å². The minimum Gasteiger partial charge on any atom is -0.493 e. The molecule has 0 unspecified atom stereocenters. The number of rotatable bonds is 6. The van der Waals surface area contributed by atoms with Gasteiger partial charge in [-0.25, -0.2) is 0 Å². The van der Waals surface area contributed by atoms with Crippen LogP contribution in [0, 0.1) is 6.92 Å². The fraction of sp³-hybridized carbons (Fsp3) is 0.400. The number of ether oxygens (including phenoxy) is 2. The van der Waals surface area contributed by atoms with E-state index in [1.165, 1.54) is 5.56 Å². The number of nitrogens with one attached hydrogen (secondary N) is 1. The van der Waals surface area contributed by atoms with Gasteiger partial charge in [0.2, 0.25) is 0 Å². The minimum absolute atomic E-state index is 0.0241. The second-order valence-corrected chi connectivity index (χ2v) is 7.79. The molecule has 0 heterocycles. The van der Waals surface area contributed by atoms with Gasteiger partial charge in [0, 0.05) is 22.1 Å². The Morgan fingerprint density at radius 3 is 2.50 bits per heavy atom. The van der Waals surface area contributed by atoms with Gasteiger partial charge in [0.15, 0.2) is 11.5 Å². The SMILES string of the molecule is COc1ccc(Br)c(CNC(C)(C)C)c1OCc1cccc(C)c1. The van der Waals surface area contributed by atoms with Gasteiger partial charge < -0.3 is 14.8 Å². The van der Waals surface area contributed by atoms with E-state index in [2.05, 4.69) is 67.1 Å². The largest absolute Gasteiger partial charge is 0.493 e. The van der Waals surface area contributed by atoms with Gasteiger partial charge in [-0.2, -0.15) is 0 Å². The molecule has 0 aliphatic rings. The molecule has 2 aromatic carbocycles. The Balaban J connectivity index is 2.26. The molecule has 4 heteroatoms. The van der Waals surface area contributed by atoms with Crippen LogP contribution in [0.5, 0.6) is 11.5 Å². The van der Waals surface area contributed by atoms with E-state index in [-0.39, 0.29) is 5.54 Å². The fourth-order valence-electron chi connectivity index (χ4n) is 2.38. The maximum atomic E-state index is 6.15. The highest BCUT2D eigenvalue weighted by atomic mass is 79.9. The van der Waals surface area contributed by atoms with Crippen molar-refractivity contribution in [1.82, 2.24) is 5.32 Å². The Morgan fingerprint density at radius 1 is 1.12 bits per heavy atom. The second kappa shape index (κ2) is 8.04. The first-order chi connectivity index (χ1) is 11.3. The van der Waals surface area contributed by atoms with Crippen molar-refractivity contribution in [2.24, 2.45) is 0 Å². The molecule has 0 fully saturated rings. The van der Waals surface area contributed by atoms with Crippen LogP contribution in [0.2, 0.25) is 0 Å². The molecule has 1 N–H and O–H groups in total. The van der Waals surface area contributed by atoms with Crippen molar-refractivity contribution in [3.8, 4) is 11.5 Å². The van der Waals surface area contributed by atoms with Crippen LogP contribution in [0.4, 0.5) is 0 Å². The monoisotopic (exact) mass is 391 g/mol. The summed E-state index contributed by atoms with van der Waals surface area (Å²) >= 11 is 3.64. The van der Waals surface area contributed by atoms with E-state index in [9.17, 15) is 0 Å². The lowest BCUT2D eigenvalue weighted by Crippen LogP contribution is -2.35. The number of halogens is 1. The molecule has 3 nitrogen and oxygen atoms in total. The highest BCUT2D eigenvalue weighted by Gasteiger charge is 2.17. The normalized spacial score (nSPS) is 11.4. The molecule has 0 saturated heterocycles. The Bertz CT molecular complexity index is 693. The molecule has 130 valence electrons. The van der Waals surface area contributed by atoms with Gasteiger partial charge in [-0.3, -0.25) is 0 Å². The van der Waals surface area contributed by atoms with Crippen LogP contribution >= 0.6 is 15.9 Å². The Kier molecular flexibility index (Phi) is 6.30. The molecule has 0 atom stereocenters. The van der Waals surface area contributed by atoms with E-state index < -0.39 is 0 Å². The Morgan fingerprint density at radius 2 is 1.88 bits per heavy atom. The lowest BCUT2D eigenvalue weighted by atomic mass is 10.1. The van der Waals surface area contributed by atoms with Gasteiger partial charge in [0.1, 0.15) is 6.61 Å². The second-order valence-electron chi connectivity index (χ2n) is 6.94. The smallest absolute Gasteiger partial charge is 0.167 e. The summed E-state index contributed by atoms with van der Waals surface area (Å²) < 4.78 is 12.7. The maximum Gasteiger partial charge on any atom is 0.167 e. The number of methoxy groups -OCH3 is 1. The van der Waals surface area contributed by atoms with E-state index >= 15 is 0 Å². The summed E-state index contributed by atoms with van der Waals surface area (Å²) in [5.74, 6) is 1.53. The van der Waals surface area contributed by atoms with Gasteiger partial charge in [-0.15, -0.1) is 0 Å². The van der Waals surface area contributed by atoms with Crippen molar-refractivity contribution in [2.45, 2.75) is 46.4 Å². The average Bonchev–Trinajstić information content (AvgIpc) is 2.51. The Hall–Kier alpha value is -1.52. The van der Waals surface area contributed by atoms with Gasteiger partial charge in [0.25, 0.3) is 0 Å². The molecule has 2 rings (SSSR count). The molecule has 0 saturated carbocycles. The molecule has 0 aromatic heterocycles. The molecule has 24 heavy (non-hydrogen) atoms. The van der Waals surface area contributed by atoms with Crippen molar-refractivity contribution in [1.29, 1.82) is 0 Å². The lowest BCUT2D eigenvalue weighted by Gasteiger charge is -2.23. The fourth-order valence-corrected chi connectivity index (χ4v) is 2.83. The van der Waals surface area contributed by atoms with E-state index in [1.807, 2.05) is 18.2 Å². The summed E-state index contributed by atoms with van der Waals surface area (Å²) in [4.78, 5) is 0. The summed E-state index contributed by atoms with van der Waals surface area (Å²) in [6.07, 6.45) is 0. The van der Waals surface area contributed by atoms with Crippen molar-refractivity contribution >= 4 is 15.9 Å². The highest BCUT2D eigenvalue weighted by molar-refractivity contribution is 9.10. The number of hydrogen-bond acceptors (Lipinski definition) is 3. The third-order valence-corrected chi connectivity index (χ3v) is 4.39. The van der Waals surface area contributed by atoms with Gasteiger partial charge in [-0.1, -0.05) is 45.8 Å². The zero-order valence-electron chi connectivity index (χ0n) is 15.1. The molecule has 0 bridgehead atoms. The summed E-state index contributed by atoms with van der Waals surface area (Å²) in [6, 6.07) is 12.3. The van der Waals surface area contributed by atoms with Gasteiger partial charge >= 0.3 is 0 Å². The first-order valence-corrected chi connectivity index (χ1v) is 8.88. The van der Waals surface area contributed by atoms with Gasteiger partial charge in [0.05, 0.1) is 7.11 Å². The zero-order valence-corrected chi connectivity index (χ0v) is 16.7. The van der Waals surface area contributed by atoms with Gasteiger partial charge in [-0.05, 0) is 45.4 Å². The molecular formula is C20H26BrNO2. The first-order valence-electron chi connectivity index (χ1n) is 8.09. The average molecular weight is 392 g/mol. The quantitative estimate of drug-likeness (QED) is 0.730. The topological polar surface area (TPSA) is 30.5 Å².